The molecule has 116 valence electrons. The van der Waals surface area contributed by atoms with Gasteiger partial charge in [-0.1, -0.05) is 29.8 Å². The Kier molecular flexibility index (Phi) is 4.63. The summed E-state index contributed by atoms with van der Waals surface area (Å²) in [5.41, 5.74) is 2.24. The predicted molar refractivity (Wildman–Crippen MR) is 84.6 cm³/mol. The minimum atomic E-state index is -0.534. The van der Waals surface area contributed by atoms with Gasteiger partial charge in [0, 0.05) is 39.1 Å². The van der Waals surface area contributed by atoms with E-state index < -0.39 is 5.60 Å². The van der Waals surface area contributed by atoms with Gasteiger partial charge in [0.25, 0.3) is 0 Å². The van der Waals surface area contributed by atoms with Crippen molar-refractivity contribution in [2.45, 2.75) is 44.1 Å². The second-order valence-electron chi connectivity index (χ2n) is 6.82. The van der Waals surface area contributed by atoms with E-state index in [1.165, 1.54) is 24.0 Å². The molecule has 1 N–H and O–H groups in total. The third kappa shape index (κ3) is 3.85. The Hall–Kier alpha value is -0.900. The fourth-order valence-electron chi connectivity index (χ4n) is 3.64. The summed E-state index contributed by atoms with van der Waals surface area (Å²) in [6, 6.07) is 8.96. The van der Waals surface area contributed by atoms with Crippen molar-refractivity contribution in [2.24, 2.45) is 0 Å². The van der Waals surface area contributed by atoms with E-state index in [1.54, 1.807) is 0 Å². The van der Waals surface area contributed by atoms with Crippen LogP contribution in [0.25, 0.3) is 0 Å². The van der Waals surface area contributed by atoms with Crippen molar-refractivity contribution in [1.82, 2.24) is 4.90 Å². The number of likely N-dealkylation sites (tertiary alicyclic amines) is 1. The monoisotopic (exact) mass is 289 g/mol. The molecule has 0 aliphatic carbocycles. The zero-order chi connectivity index (χ0) is 14.7. The van der Waals surface area contributed by atoms with Crippen molar-refractivity contribution in [1.29, 1.82) is 0 Å². The zero-order valence-electron chi connectivity index (χ0n) is 13.1. The normalized spacial score (nSPS) is 26.7. The highest BCUT2D eigenvalue weighted by atomic mass is 16.5. The fraction of sp³-hybridized carbons (Fsp3) is 0.667. The van der Waals surface area contributed by atoms with Crippen molar-refractivity contribution in [2.75, 3.05) is 32.8 Å². The highest BCUT2D eigenvalue weighted by Gasteiger charge is 2.33. The van der Waals surface area contributed by atoms with Crippen LogP contribution in [0.2, 0.25) is 0 Å². The van der Waals surface area contributed by atoms with Gasteiger partial charge in [-0.05, 0) is 37.8 Å². The van der Waals surface area contributed by atoms with Crippen molar-refractivity contribution in [3.05, 3.63) is 35.4 Å². The Balaban J connectivity index is 1.61. The van der Waals surface area contributed by atoms with Crippen LogP contribution in [0.1, 0.15) is 42.7 Å². The molecule has 0 bridgehead atoms. The molecule has 1 aromatic carbocycles. The fourth-order valence-corrected chi connectivity index (χ4v) is 3.64. The van der Waals surface area contributed by atoms with E-state index in [4.69, 9.17) is 4.74 Å². The Morgan fingerprint density at radius 1 is 1.24 bits per heavy atom. The lowest BCUT2D eigenvalue weighted by molar-refractivity contribution is -0.0824. The molecule has 1 unspecified atom stereocenters. The minimum Gasteiger partial charge on any atom is -0.388 e. The molecular formula is C18H27NO2. The number of aryl methyl sites for hydroxylation is 1. The summed E-state index contributed by atoms with van der Waals surface area (Å²) in [6.45, 7) is 6.53. The summed E-state index contributed by atoms with van der Waals surface area (Å²) in [5, 5.41) is 10.7. The first-order valence-electron chi connectivity index (χ1n) is 8.24. The number of nitrogens with zero attached hydrogens (tertiary/aromatic N) is 1. The highest BCUT2D eigenvalue weighted by molar-refractivity contribution is 5.25. The number of rotatable bonds is 3. The van der Waals surface area contributed by atoms with Crippen LogP contribution in [0.3, 0.4) is 0 Å². The number of piperidine rings is 1. The molecule has 3 heteroatoms. The van der Waals surface area contributed by atoms with E-state index >= 15 is 0 Å². The number of benzene rings is 1. The lowest BCUT2D eigenvalue weighted by Gasteiger charge is -2.40. The average molecular weight is 289 g/mol. The zero-order valence-corrected chi connectivity index (χ0v) is 13.1. The molecule has 1 aromatic rings. The van der Waals surface area contributed by atoms with Gasteiger partial charge in [-0.2, -0.15) is 0 Å². The third-order valence-electron chi connectivity index (χ3n) is 5.00. The molecule has 21 heavy (non-hydrogen) atoms. The molecule has 2 saturated heterocycles. The van der Waals surface area contributed by atoms with Crippen LogP contribution in [0, 0.1) is 6.92 Å². The number of aliphatic hydroxyl groups is 1. The van der Waals surface area contributed by atoms with Crippen LogP contribution in [0.5, 0.6) is 0 Å². The molecule has 3 nitrogen and oxygen atoms in total. The van der Waals surface area contributed by atoms with Gasteiger partial charge in [0.05, 0.1) is 5.60 Å². The number of ether oxygens (including phenoxy) is 1. The minimum absolute atomic E-state index is 0.534. The van der Waals surface area contributed by atoms with Gasteiger partial charge < -0.3 is 9.84 Å². The van der Waals surface area contributed by atoms with Gasteiger partial charge in [-0.25, -0.2) is 0 Å². The Morgan fingerprint density at radius 2 is 1.95 bits per heavy atom. The van der Waals surface area contributed by atoms with Crippen LogP contribution in [-0.2, 0) is 4.74 Å². The molecule has 0 aromatic heterocycles. The number of β-amino-alcohol motifs (C(OH)–C–C–N with tert-alkyl or cyclic N) is 1. The molecule has 1 atom stereocenters. The second-order valence-corrected chi connectivity index (χ2v) is 6.82. The predicted octanol–water partition coefficient (Wildman–Crippen LogP) is 2.72. The van der Waals surface area contributed by atoms with Gasteiger partial charge in [0.1, 0.15) is 0 Å². The first-order chi connectivity index (χ1) is 10.1. The van der Waals surface area contributed by atoms with Crippen molar-refractivity contribution < 1.29 is 9.84 Å². The second kappa shape index (κ2) is 6.47. The van der Waals surface area contributed by atoms with Gasteiger partial charge in [0.15, 0.2) is 0 Å². The molecule has 2 fully saturated rings. The SMILES string of the molecule is Cc1ccc(C2CCCN(CC3(O)CCOCC3)C2)cc1. The molecule has 2 aliphatic heterocycles. The first-order valence-corrected chi connectivity index (χ1v) is 8.24. The van der Waals surface area contributed by atoms with Crippen molar-refractivity contribution in [3.8, 4) is 0 Å². The summed E-state index contributed by atoms with van der Waals surface area (Å²) < 4.78 is 5.38. The molecule has 0 spiro atoms. The summed E-state index contributed by atoms with van der Waals surface area (Å²) >= 11 is 0. The third-order valence-corrected chi connectivity index (χ3v) is 5.00. The first kappa shape index (κ1) is 15.0. The summed E-state index contributed by atoms with van der Waals surface area (Å²) in [7, 11) is 0. The molecule has 3 rings (SSSR count). The van der Waals surface area contributed by atoms with E-state index in [0.29, 0.717) is 19.1 Å². The Bertz CT molecular complexity index is 451. The Labute approximate surface area is 127 Å². The standard InChI is InChI=1S/C18H27NO2/c1-15-4-6-16(7-5-15)17-3-2-10-19(13-17)14-18(20)8-11-21-12-9-18/h4-7,17,20H,2-3,8-14H2,1H3. The molecule has 2 heterocycles. The topological polar surface area (TPSA) is 32.7 Å². The maximum Gasteiger partial charge on any atom is 0.0817 e. The smallest absolute Gasteiger partial charge is 0.0817 e. The van der Waals surface area contributed by atoms with E-state index in [2.05, 4.69) is 36.1 Å². The maximum atomic E-state index is 10.7. The van der Waals surface area contributed by atoms with E-state index in [1.807, 2.05) is 0 Å². The highest BCUT2D eigenvalue weighted by Crippen LogP contribution is 2.29. The number of hydrogen-bond donors (Lipinski definition) is 1. The summed E-state index contributed by atoms with van der Waals surface area (Å²) in [6.07, 6.45) is 4.05. The molecular weight excluding hydrogens is 262 g/mol. The molecule has 0 saturated carbocycles. The van der Waals surface area contributed by atoms with E-state index in [-0.39, 0.29) is 0 Å². The van der Waals surface area contributed by atoms with Crippen molar-refractivity contribution >= 4 is 0 Å². The van der Waals surface area contributed by atoms with Gasteiger partial charge in [-0.3, -0.25) is 4.90 Å². The van der Waals surface area contributed by atoms with Crippen LogP contribution in [0.15, 0.2) is 24.3 Å². The summed E-state index contributed by atoms with van der Waals surface area (Å²) in [5.74, 6) is 0.614. The molecule has 2 aliphatic rings. The quantitative estimate of drug-likeness (QED) is 0.928. The van der Waals surface area contributed by atoms with Gasteiger partial charge >= 0.3 is 0 Å². The van der Waals surface area contributed by atoms with Crippen LogP contribution < -0.4 is 0 Å². The maximum absolute atomic E-state index is 10.7. The molecule has 0 amide bonds. The summed E-state index contributed by atoms with van der Waals surface area (Å²) in [4.78, 5) is 2.46. The van der Waals surface area contributed by atoms with Crippen molar-refractivity contribution in [3.63, 3.8) is 0 Å². The van der Waals surface area contributed by atoms with Crippen LogP contribution in [-0.4, -0.2) is 48.5 Å². The number of hydrogen-bond acceptors (Lipinski definition) is 3. The Morgan fingerprint density at radius 3 is 2.67 bits per heavy atom. The lowest BCUT2D eigenvalue weighted by Crippen LogP contribution is -2.49. The lowest BCUT2D eigenvalue weighted by atomic mass is 9.88. The average Bonchev–Trinajstić information content (AvgIpc) is 2.48. The largest absolute Gasteiger partial charge is 0.388 e. The van der Waals surface area contributed by atoms with E-state index in [0.717, 1.165) is 32.5 Å². The van der Waals surface area contributed by atoms with E-state index in [9.17, 15) is 5.11 Å². The molecule has 0 radical (unpaired) electrons. The van der Waals surface area contributed by atoms with Gasteiger partial charge in [0.2, 0.25) is 0 Å². The van der Waals surface area contributed by atoms with Crippen LogP contribution >= 0.6 is 0 Å². The van der Waals surface area contributed by atoms with Crippen LogP contribution in [0.4, 0.5) is 0 Å². The van der Waals surface area contributed by atoms with Gasteiger partial charge in [-0.15, -0.1) is 0 Å².